The summed E-state index contributed by atoms with van der Waals surface area (Å²) in [5.74, 6) is 0. The van der Waals surface area contributed by atoms with Crippen LogP contribution in [0, 0.1) is 0 Å². The molecular weight excluding hydrogens is 510 g/mol. The van der Waals surface area contributed by atoms with Gasteiger partial charge in [-0.3, -0.25) is 0 Å². The van der Waals surface area contributed by atoms with Crippen LogP contribution in [0.4, 0.5) is 10.5 Å². The Hall–Kier alpha value is -3.31. The molecule has 5 heteroatoms. The molecule has 0 saturated heterocycles. The number of H-pyrrole nitrogens is 1. The number of aromatic nitrogens is 1. The third kappa shape index (κ3) is 7.34. The van der Waals surface area contributed by atoms with E-state index in [1.807, 2.05) is 41.3 Å². The van der Waals surface area contributed by atoms with Gasteiger partial charge in [0, 0.05) is 40.3 Å². The highest BCUT2D eigenvalue weighted by atomic mass is 79.9. The number of anilines is 1. The highest BCUT2D eigenvalue weighted by molar-refractivity contribution is 9.10. The maximum atomic E-state index is 13.5. The fraction of sp³-hybridized carbons (Fsp3) is 0.258. The number of halogens is 1. The molecule has 0 bridgehead atoms. The van der Waals surface area contributed by atoms with Crippen molar-refractivity contribution in [3.05, 3.63) is 106 Å². The number of carbonyl (C=O) groups is 1. The summed E-state index contributed by atoms with van der Waals surface area (Å²) in [5, 5.41) is 4.32. The normalized spacial score (nSPS) is 11.6. The summed E-state index contributed by atoms with van der Waals surface area (Å²) in [6.45, 7) is 3.45. The molecular formula is C31H34BrN3O. The second-order valence-corrected chi connectivity index (χ2v) is 10.1. The molecule has 36 heavy (non-hydrogen) atoms. The second-order valence-electron chi connectivity index (χ2n) is 9.14. The van der Waals surface area contributed by atoms with Gasteiger partial charge in [-0.25, -0.2) is 4.79 Å². The molecule has 2 amide bonds. The van der Waals surface area contributed by atoms with Crippen molar-refractivity contribution in [3.63, 3.8) is 0 Å². The largest absolute Gasteiger partial charge is 0.361 e. The lowest BCUT2D eigenvalue weighted by atomic mass is 10.0. The van der Waals surface area contributed by atoms with Gasteiger partial charge in [0.2, 0.25) is 0 Å². The van der Waals surface area contributed by atoms with E-state index in [1.165, 1.54) is 34.9 Å². The van der Waals surface area contributed by atoms with Gasteiger partial charge >= 0.3 is 6.03 Å². The van der Waals surface area contributed by atoms with Gasteiger partial charge in [0.25, 0.3) is 0 Å². The summed E-state index contributed by atoms with van der Waals surface area (Å²) in [7, 11) is 0. The lowest BCUT2D eigenvalue weighted by Gasteiger charge is -2.25. The number of para-hydroxylation sites is 1. The van der Waals surface area contributed by atoms with E-state index in [0.29, 0.717) is 13.1 Å². The molecule has 0 fully saturated rings. The van der Waals surface area contributed by atoms with E-state index >= 15 is 0 Å². The van der Waals surface area contributed by atoms with Crippen molar-refractivity contribution >= 4 is 44.6 Å². The van der Waals surface area contributed by atoms with Crippen LogP contribution in [0.1, 0.15) is 43.7 Å². The Morgan fingerprint density at radius 1 is 0.972 bits per heavy atom. The zero-order valence-electron chi connectivity index (χ0n) is 20.8. The van der Waals surface area contributed by atoms with Crippen LogP contribution in [0.3, 0.4) is 0 Å². The summed E-state index contributed by atoms with van der Waals surface area (Å²) < 4.78 is 0.987. The molecule has 3 aromatic carbocycles. The first-order chi connectivity index (χ1) is 17.6. The number of nitrogens with one attached hydrogen (secondary N) is 2. The maximum Gasteiger partial charge on any atom is 0.322 e. The number of amides is 2. The summed E-state index contributed by atoms with van der Waals surface area (Å²) in [5.41, 5.74) is 5.60. The Morgan fingerprint density at radius 2 is 1.72 bits per heavy atom. The number of rotatable bonds is 11. The van der Waals surface area contributed by atoms with E-state index in [9.17, 15) is 4.79 Å². The standard InChI is InChI=1S/C31H34BrN3O/c1-2-3-5-12-25(21-24-10-6-4-7-11-24)23-35(31(36)34-28-17-15-27(32)16-18-28)20-19-26-22-33-30-14-9-8-13-29(26)30/h4,6-11,13-18,21-22,33H,2-3,5,12,19-20,23H2,1H3,(H,34,36)/b25-21+. The zero-order chi connectivity index (χ0) is 25.2. The SMILES string of the molecule is CCCCC/C(=C\c1ccccc1)CN(CCc1c[nH]c2ccccc12)C(=O)Nc1ccc(Br)cc1. The first-order valence-electron chi connectivity index (χ1n) is 12.7. The number of benzene rings is 3. The van der Waals surface area contributed by atoms with Crippen LogP contribution in [0.2, 0.25) is 0 Å². The van der Waals surface area contributed by atoms with Crippen molar-refractivity contribution in [2.24, 2.45) is 0 Å². The van der Waals surface area contributed by atoms with E-state index in [0.717, 1.165) is 34.9 Å². The number of urea groups is 1. The van der Waals surface area contributed by atoms with E-state index in [1.54, 1.807) is 0 Å². The molecule has 0 saturated carbocycles. The Kier molecular flexibility index (Phi) is 9.40. The average molecular weight is 545 g/mol. The van der Waals surface area contributed by atoms with E-state index in [-0.39, 0.29) is 6.03 Å². The lowest BCUT2D eigenvalue weighted by Crippen LogP contribution is -2.38. The zero-order valence-corrected chi connectivity index (χ0v) is 22.4. The van der Waals surface area contributed by atoms with Gasteiger partial charge in [-0.1, -0.05) is 95.9 Å². The predicted octanol–water partition coefficient (Wildman–Crippen LogP) is 8.67. The molecule has 0 unspecified atom stereocenters. The fourth-order valence-corrected chi connectivity index (χ4v) is 4.68. The lowest BCUT2D eigenvalue weighted by molar-refractivity contribution is 0.216. The van der Waals surface area contributed by atoms with Gasteiger partial charge < -0.3 is 15.2 Å². The van der Waals surface area contributed by atoms with Gasteiger partial charge in [0.15, 0.2) is 0 Å². The molecule has 4 rings (SSSR count). The van der Waals surface area contributed by atoms with Crippen molar-refractivity contribution in [2.75, 3.05) is 18.4 Å². The Labute approximate surface area is 222 Å². The van der Waals surface area contributed by atoms with Gasteiger partial charge in [0.1, 0.15) is 0 Å². The molecule has 0 aliphatic heterocycles. The number of nitrogens with zero attached hydrogens (tertiary/aromatic N) is 1. The third-order valence-corrected chi connectivity index (χ3v) is 6.90. The molecule has 0 spiro atoms. The van der Waals surface area contributed by atoms with Crippen molar-refractivity contribution in [1.29, 1.82) is 0 Å². The van der Waals surface area contributed by atoms with Crippen LogP contribution in [0.15, 0.2) is 95.1 Å². The maximum absolute atomic E-state index is 13.5. The van der Waals surface area contributed by atoms with Crippen molar-refractivity contribution < 1.29 is 4.79 Å². The van der Waals surface area contributed by atoms with Crippen molar-refractivity contribution in [3.8, 4) is 0 Å². The minimum Gasteiger partial charge on any atom is -0.361 e. The van der Waals surface area contributed by atoms with E-state index in [4.69, 9.17) is 0 Å². The molecule has 186 valence electrons. The summed E-state index contributed by atoms with van der Waals surface area (Å²) in [6, 6.07) is 26.4. The van der Waals surface area contributed by atoms with Gasteiger partial charge in [0.05, 0.1) is 0 Å². The van der Waals surface area contributed by atoms with Gasteiger partial charge in [-0.15, -0.1) is 0 Å². The molecule has 0 aliphatic carbocycles. The number of aromatic amines is 1. The topological polar surface area (TPSA) is 48.1 Å². The third-order valence-electron chi connectivity index (χ3n) is 6.37. The Bertz CT molecular complexity index is 1280. The molecule has 4 aromatic rings. The van der Waals surface area contributed by atoms with Crippen LogP contribution in [0.5, 0.6) is 0 Å². The molecule has 0 radical (unpaired) electrons. The first-order valence-corrected chi connectivity index (χ1v) is 13.5. The summed E-state index contributed by atoms with van der Waals surface area (Å²) >= 11 is 3.47. The number of hydrogen-bond acceptors (Lipinski definition) is 1. The predicted molar refractivity (Wildman–Crippen MR) is 155 cm³/mol. The fourth-order valence-electron chi connectivity index (χ4n) is 4.41. The molecule has 4 nitrogen and oxygen atoms in total. The smallest absolute Gasteiger partial charge is 0.322 e. The molecule has 1 heterocycles. The average Bonchev–Trinajstić information content (AvgIpc) is 3.31. The van der Waals surface area contributed by atoms with Crippen LogP contribution >= 0.6 is 15.9 Å². The van der Waals surface area contributed by atoms with Crippen LogP contribution in [0.25, 0.3) is 17.0 Å². The minimum atomic E-state index is -0.0772. The first kappa shape index (κ1) is 25.8. The monoisotopic (exact) mass is 543 g/mol. The molecule has 0 atom stereocenters. The number of hydrogen-bond donors (Lipinski definition) is 2. The second kappa shape index (κ2) is 13.1. The highest BCUT2D eigenvalue weighted by Gasteiger charge is 2.17. The van der Waals surface area contributed by atoms with Crippen LogP contribution in [-0.4, -0.2) is 29.0 Å². The summed E-state index contributed by atoms with van der Waals surface area (Å²) in [6.07, 6.45) is 9.57. The summed E-state index contributed by atoms with van der Waals surface area (Å²) in [4.78, 5) is 18.8. The number of fused-ring (bicyclic) bond motifs is 1. The van der Waals surface area contributed by atoms with E-state index in [2.05, 4.69) is 87.9 Å². The number of unbranched alkanes of at least 4 members (excludes halogenated alkanes) is 2. The van der Waals surface area contributed by atoms with Crippen molar-refractivity contribution in [2.45, 2.75) is 39.0 Å². The quantitative estimate of drug-likeness (QED) is 0.182. The number of carbonyl (C=O) groups excluding carboxylic acids is 1. The molecule has 1 aromatic heterocycles. The van der Waals surface area contributed by atoms with E-state index < -0.39 is 0 Å². The Balaban J connectivity index is 1.56. The van der Waals surface area contributed by atoms with Gasteiger partial charge in [-0.05, 0) is 60.7 Å². The van der Waals surface area contributed by atoms with Crippen molar-refractivity contribution in [1.82, 2.24) is 9.88 Å². The molecule has 2 N–H and O–H groups in total. The highest BCUT2D eigenvalue weighted by Crippen LogP contribution is 2.21. The Morgan fingerprint density at radius 3 is 2.50 bits per heavy atom. The van der Waals surface area contributed by atoms with Crippen LogP contribution in [-0.2, 0) is 6.42 Å². The minimum absolute atomic E-state index is 0.0772. The molecule has 0 aliphatic rings. The van der Waals surface area contributed by atoms with Gasteiger partial charge in [-0.2, -0.15) is 0 Å². The van der Waals surface area contributed by atoms with Crippen LogP contribution < -0.4 is 5.32 Å².